The quantitative estimate of drug-likeness (QED) is 0.455. The highest BCUT2D eigenvalue weighted by Gasteiger charge is 2.23. The Hall–Kier alpha value is -3.00. The highest BCUT2D eigenvalue weighted by atomic mass is 16.3. The van der Waals surface area contributed by atoms with E-state index in [1.807, 2.05) is 0 Å². The van der Waals surface area contributed by atoms with Crippen LogP contribution in [-0.2, 0) is 16.0 Å². The van der Waals surface area contributed by atoms with Crippen LogP contribution in [0.5, 0.6) is 0 Å². The average Bonchev–Trinajstić information content (AvgIpc) is 3.36. The molecule has 0 radical (unpaired) electrons. The third kappa shape index (κ3) is 7.50. The van der Waals surface area contributed by atoms with Gasteiger partial charge in [-0.15, -0.1) is 0 Å². The fourth-order valence-electron chi connectivity index (χ4n) is 2.94. The second-order valence-corrected chi connectivity index (χ2v) is 6.88. The molecule has 0 bridgehead atoms. The van der Waals surface area contributed by atoms with Crippen molar-refractivity contribution < 1.29 is 23.9 Å². The number of nitrogens with zero attached hydrogens (tertiary/aromatic N) is 2. The number of aliphatic hydroxyl groups excluding tert-OH is 1. The minimum Gasteiger partial charge on any atom is -0.448 e. The Labute approximate surface area is 170 Å². The summed E-state index contributed by atoms with van der Waals surface area (Å²) >= 11 is 0. The number of carbonyl (C=O) groups is 3. The molecule has 1 fully saturated rings. The molecule has 0 aliphatic carbocycles. The van der Waals surface area contributed by atoms with Crippen LogP contribution in [0.25, 0.3) is 0 Å². The minimum atomic E-state index is -0.949. The smallest absolute Gasteiger partial charge is 0.275 e. The lowest BCUT2D eigenvalue weighted by Crippen LogP contribution is -2.27. The zero-order valence-electron chi connectivity index (χ0n) is 16.6. The van der Waals surface area contributed by atoms with E-state index < -0.39 is 6.10 Å². The molecular weight excluding hydrogens is 374 g/mol. The number of rotatable bonds is 10. The normalized spacial score (nSPS) is 15.5. The van der Waals surface area contributed by atoms with E-state index in [-0.39, 0.29) is 42.0 Å². The van der Waals surface area contributed by atoms with Crippen LogP contribution >= 0.6 is 0 Å². The van der Waals surface area contributed by atoms with Crippen molar-refractivity contribution in [2.45, 2.75) is 38.7 Å². The summed E-state index contributed by atoms with van der Waals surface area (Å²) in [6, 6.07) is 0. The van der Waals surface area contributed by atoms with Crippen LogP contribution in [0.2, 0.25) is 0 Å². The van der Waals surface area contributed by atoms with E-state index in [2.05, 4.69) is 16.9 Å². The number of ketones is 1. The predicted molar refractivity (Wildman–Crippen MR) is 107 cm³/mol. The highest BCUT2D eigenvalue weighted by molar-refractivity contribution is 5.92. The topological polar surface area (TPSA) is 113 Å². The van der Waals surface area contributed by atoms with Gasteiger partial charge in [0, 0.05) is 26.1 Å². The molecule has 1 atom stereocenters. The van der Waals surface area contributed by atoms with Crippen molar-refractivity contribution in [1.82, 2.24) is 15.2 Å². The Morgan fingerprint density at radius 3 is 2.79 bits per heavy atom. The third-order valence-electron chi connectivity index (χ3n) is 4.36. The van der Waals surface area contributed by atoms with Crippen molar-refractivity contribution in [1.29, 1.82) is 0 Å². The van der Waals surface area contributed by atoms with E-state index in [4.69, 9.17) is 4.42 Å². The first kappa shape index (κ1) is 22.3. The maximum Gasteiger partial charge on any atom is 0.275 e. The van der Waals surface area contributed by atoms with E-state index in [1.165, 1.54) is 12.3 Å². The first-order chi connectivity index (χ1) is 13.9. The van der Waals surface area contributed by atoms with E-state index in [0.29, 0.717) is 19.6 Å². The molecule has 1 aliphatic heterocycles. The lowest BCUT2D eigenvalue weighted by molar-refractivity contribution is -0.120. The van der Waals surface area contributed by atoms with Gasteiger partial charge in [-0.1, -0.05) is 30.4 Å². The molecule has 0 saturated carbocycles. The van der Waals surface area contributed by atoms with E-state index in [1.54, 1.807) is 30.1 Å². The SMILES string of the molecule is C=CC(=O)NC/C=C/C(C)=C/C(O)CC(=O)Cc1nc(C(=O)N2CCCC2)co1. The molecule has 29 heavy (non-hydrogen) atoms. The summed E-state index contributed by atoms with van der Waals surface area (Å²) in [5.74, 6) is -0.521. The standard InChI is InChI=1S/C21H27N3O5/c1-3-19(27)22-8-6-7-15(2)11-16(25)12-17(26)13-20-23-18(14-29-20)21(28)24-9-4-5-10-24/h3,6-7,11,14,16,25H,1,4-5,8-10,12-13H2,2H3,(H,22,27)/b7-6+,15-11+. The van der Waals surface area contributed by atoms with Gasteiger partial charge in [-0.25, -0.2) is 4.98 Å². The summed E-state index contributed by atoms with van der Waals surface area (Å²) in [5, 5.41) is 12.7. The van der Waals surface area contributed by atoms with Gasteiger partial charge < -0.3 is 19.7 Å². The molecule has 2 rings (SSSR count). The van der Waals surface area contributed by atoms with Crippen LogP contribution in [-0.4, -0.2) is 58.3 Å². The fraction of sp³-hybridized carbons (Fsp3) is 0.429. The van der Waals surface area contributed by atoms with Gasteiger partial charge in [0.1, 0.15) is 12.0 Å². The number of aromatic nitrogens is 1. The average molecular weight is 401 g/mol. The monoisotopic (exact) mass is 401 g/mol. The van der Waals surface area contributed by atoms with Crippen molar-refractivity contribution in [3.63, 3.8) is 0 Å². The molecule has 156 valence electrons. The number of amides is 2. The molecule has 2 N–H and O–H groups in total. The fourth-order valence-corrected chi connectivity index (χ4v) is 2.94. The number of aliphatic hydroxyl groups is 1. The summed E-state index contributed by atoms with van der Waals surface area (Å²) in [4.78, 5) is 41.2. The number of hydrogen-bond donors (Lipinski definition) is 2. The largest absolute Gasteiger partial charge is 0.448 e. The van der Waals surface area contributed by atoms with Crippen LogP contribution in [0.3, 0.4) is 0 Å². The Morgan fingerprint density at radius 2 is 2.10 bits per heavy atom. The zero-order valence-corrected chi connectivity index (χ0v) is 16.6. The van der Waals surface area contributed by atoms with Crippen molar-refractivity contribution >= 4 is 17.6 Å². The maximum absolute atomic E-state index is 12.2. The third-order valence-corrected chi connectivity index (χ3v) is 4.36. The van der Waals surface area contributed by atoms with Crippen LogP contribution < -0.4 is 5.32 Å². The Bertz CT molecular complexity index is 803. The number of oxazole rings is 1. The second kappa shape index (κ2) is 11.1. The second-order valence-electron chi connectivity index (χ2n) is 6.88. The van der Waals surface area contributed by atoms with E-state index in [0.717, 1.165) is 18.4 Å². The molecule has 8 nitrogen and oxygen atoms in total. The van der Waals surface area contributed by atoms with Crippen molar-refractivity contribution in [2.75, 3.05) is 19.6 Å². The van der Waals surface area contributed by atoms with E-state index >= 15 is 0 Å². The van der Waals surface area contributed by atoms with Gasteiger partial charge in [-0.3, -0.25) is 14.4 Å². The van der Waals surface area contributed by atoms with Crippen molar-refractivity contribution in [2.24, 2.45) is 0 Å². The molecule has 0 aromatic carbocycles. The first-order valence-electron chi connectivity index (χ1n) is 9.57. The Morgan fingerprint density at radius 1 is 1.38 bits per heavy atom. The van der Waals surface area contributed by atoms with Gasteiger partial charge in [-0.05, 0) is 25.8 Å². The molecule has 1 unspecified atom stereocenters. The number of carbonyl (C=O) groups excluding carboxylic acids is 3. The van der Waals surface area contributed by atoms with E-state index in [9.17, 15) is 19.5 Å². The van der Waals surface area contributed by atoms with Gasteiger partial charge in [0.05, 0.1) is 12.5 Å². The molecular formula is C21H27N3O5. The molecule has 1 aliphatic rings. The van der Waals surface area contributed by atoms with Gasteiger partial charge in [0.2, 0.25) is 11.8 Å². The van der Waals surface area contributed by atoms with Gasteiger partial charge in [0.15, 0.2) is 5.69 Å². The number of allylic oxidation sites excluding steroid dienone is 2. The molecule has 1 saturated heterocycles. The van der Waals surface area contributed by atoms with Gasteiger partial charge in [-0.2, -0.15) is 0 Å². The molecule has 1 aromatic rings. The lowest BCUT2D eigenvalue weighted by atomic mass is 10.1. The molecule has 2 amide bonds. The minimum absolute atomic E-state index is 0.0827. The number of nitrogens with one attached hydrogen (secondary N) is 1. The summed E-state index contributed by atoms with van der Waals surface area (Å²) in [6.07, 6.45) is 8.34. The Balaban J connectivity index is 1.79. The number of hydrogen-bond acceptors (Lipinski definition) is 6. The molecule has 0 spiro atoms. The molecule has 8 heteroatoms. The summed E-state index contributed by atoms with van der Waals surface area (Å²) in [6.45, 7) is 6.91. The highest BCUT2D eigenvalue weighted by Crippen LogP contribution is 2.13. The Kier molecular flexibility index (Phi) is 8.54. The summed E-state index contributed by atoms with van der Waals surface area (Å²) in [7, 11) is 0. The molecule has 2 heterocycles. The van der Waals surface area contributed by atoms with Crippen molar-refractivity contribution in [3.05, 3.63) is 54.3 Å². The van der Waals surface area contributed by atoms with Crippen LogP contribution in [0.1, 0.15) is 42.6 Å². The number of likely N-dealkylation sites (tertiary alicyclic amines) is 1. The lowest BCUT2D eigenvalue weighted by Gasteiger charge is -2.12. The van der Waals surface area contributed by atoms with Gasteiger partial charge >= 0.3 is 0 Å². The zero-order chi connectivity index (χ0) is 21.2. The van der Waals surface area contributed by atoms with Crippen LogP contribution in [0.4, 0.5) is 0 Å². The predicted octanol–water partition coefficient (Wildman–Crippen LogP) is 1.58. The summed E-state index contributed by atoms with van der Waals surface area (Å²) in [5.41, 5.74) is 0.965. The number of Topliss-reactive ketones (excluding diaryl/α,β-unsaturated/α-hetero) is 1. The van der Waals surface area contributed by atoms with Crippen LogP contribution in [0, 0.1) is 0 Å². The van der Waals surface area contributed by atoms with Gasteiger partial charge in [0.25, 0.3) is 5.91 Å². The van der Waals surface area contributed by atoms with Crippen molar-refractivity contribution in [3.8, 4) is 0 Å². The first-order valence-corrected chi connectivity index (χ1v) is 9.57. The maximum atomic E-state index is 12.2. The van der Waals surface area contributed by atoms with Crippen LogP contribution in [0.15, 0.2) is 47.1 Å². The molecule has 1 aromatic heterocycles. The summed E-state index contributed by atoms with van der Waals surface area (Å²) < 4.78 is 5.24.